The lowest BCUT2D eigenvalue weighted by Gasteiger charge is -2.44. The Morgan fingerprint density at radius 2 is 0.645 bits per heavy atom. The Labute approximate surface area is 336 Å². The topological polar surface area (TPSA) is 3.88 Å². The first kappa shape index (κ1) is 45.4. The van der Waals surface area contributed by atoms with Crippen LogP contribution < -0.4 is 26.4 Å². The summed E-state index contributed by atoms with van der Waals surface area (Å²) in [4.78, 5) is 0. The molecule has 1 heterocycles. The number of thiazole rings is 1. The van der Waals surface area contributed by atoms with Crippen molar-refractivity contribution in [2.45, 2.75) is 13.5 Å². The van der Waals surface area contributed by atoms with Crippen LogP contribution in [-0.4, -0.2) is 6.15 Å². The summed E-state index contributed by atoms with van der Waals surface area (Å²) in [6.07, 6.45) is -7.22. The Balaban J connectivity index is 0.000000311. The molecular weight excluding hydrogens is 905 g/mol. The smallest absolute Gasteiger partial charge is 0.207 e. The van der Waals surface area contributed by atoms with Crippen LogP contribution in [0.5, 0.6) is 0 Å². The number of rotatable bonds is 6. The van der Waals surface area contributed by atoms with Crippen LogP contribution in [0, 0.1) is 123 Å². The maximum Gasteiger partial charge on any atom is 0.226 e. The average Bonchev–Trinajstić information content (AvgIpc) is 3.66. The first-order valence-electron chi connectivity index (χ1n) is 16.7. The number of aryl methyl sites for hydroxylation is 1. The van der Waals surface area contributed by atoms with Gasteiger partial charge in [-0.3, -0.25) is 0 Å². The fourth-order valence-corrected chi connectivity index (χ4v) is 7.75. The molecule has 324 valence electrons. The number of hydrogen-bond acceptors (Lipinski definition) is 1. The van der Waals surface area contributed by atoms with Crippen molar-refractivity contribution in [2.24, 2.45) is 0 Å². The predicted molar refractivity (Wildman–Crippen MR) is 182 cm³/mol. The highest BCUT2D eigenvalue weighted by Crippen LogP contribution is 2.31. The molecule has 0 aliphatic carbocycles. The largest absolute Gasteiger partial charge is 0.226 e. The van der Waals surface area contributed by atoms with E-state index in [1.54, 1.807) is 11.3 Å². The lowest BCUT2D eigenvalue weighted by molar-refractivity contribution is -0.658. The molecule has 0 aliphatic rings. The van der Waals surface area contributed by atoms with Gasteiger partial charge in [-0.15, -0.1) is 21.9 Å². The number of halogens is 20. The van der Waals surface area contributed by atoms with Crippen molar-refractivity contribution in [2.75, 3.05) is 0 Å². The quantitative estimate of drug-likeness (QED) is 0.0515. The maximum absolute atomic E-state index is 15.4. The van der Waals surface area contributed by atoms with E-state index in [0.717, 1.165) is 6.54 Å². The molecule has 0 bridgehead atoms. The van der Waals surface area contributed by atoms with Gasteiger partial charge in [-0.05, 0) is 13.0 Å². The second kappa shape index (κ2) is 16.6. The third kappa shape index (κ3) is 6.89. The Kier molecular flexibility index (Phi) is 12.2. The summed E-state index contributed by atoms with van der Waals surface area (Å²) in [5.74, 6) is -71.4. The van der Waals surface area contributed by atoms with Gasteiger partial charge in [-0.1, -0.05) is 53.3 Å². The lowest BCUT2D eigenvalue weighted by atomic mass is 9.12. The minimum Gasteiger partial charge on any atom is -0.207 e. The van der Waals surface area contributed by atoms with Crippen LogP contribution >= 0.6 is 11.3 Å². The van der Waals surface area contributed by atoms with Gasteiger partial charge in [-0.25, -0.2) is 87.8 Å². The average molecular weight is 919 g/mol. The predicted octanol–water partition coefficient (Wildman–Crippen LogP) is 9.39. The highest BCUT2D eigenvalue weighted by atomic mass is 32.1. The number of benzene rings is 6. The van der Waals surface area contributed by atoms with Gasteiger partial charge in [0.15, 0.2) is 76.4 Å². The van der Waals surface area contributed by atoms with E-state index in [-0.39, 0.29) is 0 Å². The molecule has 0 saturated heterocycles. The first-order chi connectivity index (χ1) is 29.0. The fraction of sp³-hybridized carbons (Fsp3) is 0.0513. The van der Waals surface area contributed by atoms with E-state index >= 15 is 35.1 Å². The molecule has 1 nitrogen and oxygen atoms in total. The molecular formula is C39H14BF20NS. The Morgan fingerprint density at radius 3 is 0.952 bits per heavy atom. The van der Waals surface area contributed by atoms with Crippen molar-refractivity contribution in [1.29, 1.82) is 0 Å². The zero-order chi connectivity index (χ0) is 46.0. The minimum absolute atomic E-state index is 0.949. The van der Waals surface area contributed by atoms with E-state index in [1.165, 1.54) is 21.3 Å². The van der Waals surface area contributed by atoms with Gasteiger partial charge in [-0.2, -0.15) is 4.57 Å². The zero-order valence-electron chi connectivity index (χ0n) is 29.9. The fourth-order valence-electron chi connectivity index (χ4n) is 6.86. The molecule has 0 amide bonds. The summed E-state index contributed by atoms with van der Waals surface area (Å²) in [5.41, 5.74) is -8.15. The Bertz CT molecular complexity index is 2570. The van der Waals surface area contributed by atoms with Crippen LogP contribution in [0.2, 0.25) is 0 Å². The van der Waals surface area contributed by atoms with E-state index < -0.39 is 144 Å². The number of nitrogens with zero attached hydrogens (tertiary/aromatic N) is 1. The van der Waals surface area contributed by atoms with Crippen molar-refractivity contribution < 1.29 is 92.4 Å². The molecule has 62 heavy (non-hydrogen) atoms. The van der Waals surface area contributed by atoms with E-state index in [1.807, 2.05) is 0 Å². The van der Waals surface area contributed by atoms with Crippen molar-refractivity contribution in [3.63, 3.8) is 0 Å². The molecule has 7 aromatic rings. The second-order valence-corrected chi connectivity index (χ2v) is 14.0. The van der Waals surface area contributed by atoms with Crippen molar-refractivity contribution in [3.8, 4) is 0 Å². The molecule has 0 N–H and O–H groups in total. The lowest BCUT2D eigenvalue weighted by Crippen LogP contribution is -2.81. The van der Waals surface area contributed by atoms with Crippen molar-refractivity contribution in [1.82, 2.24) is 0 Å². The number of para-hydroxylation sites is 1. The summed E-state index contributed by atoms with van der Waals surface area (Å²) in [7, 11) is 0. The van der Waals surface area contributed by atoms with Gasteiger partial charge >= 0.3 is 0 Å². The second-order valence-electron chi connectivity index (χ2n) is 13.1. The Hall–Kier alpha value is -6.13. The highest BCUT2D eigenvalue weighted by molar-refractivity contribution is 7.20. The van der Waals surface area contributed by atoms with E-state index in [9.17, 15) is 52.7 Å². The van der Waals surface area contributed by atoms with Crippen molar-refractivity contribution >= 4 is 49.6 Å². The molecule has 0 radical (unpaired) electrons. The van der Waals surface area contributed by atoms with Crippen LogP contribution in [0.25, 0.3) is 10.2 Å². The van der Waals surface area contributed by atoms with Gasteiger partial charge in [0, 0.05) is 11.6 Å². The summed E-state index contributed by atoms with van der Waals surface area (Å²) in [6, 6.07) is 17.3. The molecule has 1 aromatic heterocycles. The highest BCUT2D eigenvalue weighted by Gasteiger charge is 2.52. The molecule has 23 heteroatoms. The summed E-state index contributed by atoms with van der Waals surface area (Å²) in [6.45, 7) is 3.07. The number of fused-ring (bicyclic) bond motifs is 1. The van der Waals surface area contributed by atoms with Gasteiger partial charge in [0.1, 0.15) is 57.4 Å². The van der Waals surface area contributed by atoms with E-state index in [0.29, 0.717) is 0 Å². The monoisotopic (exact) mass is 919 g/mol. The van der Waals surface area contributed by atoms with Crippen LogP contribution in [-0.2, 0) is 6.54 Å². The van der Waals surface area contributed by atoms with Crippen LogP contribution in [0.1, 0.15) is 11.1 Å². The molecule has 0 saturated carbocycles. The molecule has 0 spiro atoms. The minimum atomic E-state index is -7.22. The summed E-state index contributed by atoms with van der Waals surface area (Å²) < 4.78 is 298. The van der Waals surface area contributed by atoms with Gasteiger partial charge < -0.3 is 0 Å². The standard InChI is InChI=1S/C24BF20.C15H14NS/c26-5-1(6(27)14(35)21(42)13(5)34)25(2-7(28)15(36)22(43)16(37)8(2)29,3-9(30)17(38)23(44)18(39)10(3)31)4-11(32)19(40)24(45)20(41)12(4)33;1-12-6-8-13(9-7-12)10-16-11-17-15-5-3-2-4-14(15)16/h;2-9,11H,10H2,1H3/q-1;+1. The SMILES string of the molecule is Cc1ccc(C[n+]2csc3ccccc32)cc1.Fc1c(F)c(F)c([B-](c2c(F)c(F)c(F)c(F)c2F)(c2c(F)c(F)c(F)c(F)c2F)c2c(F)c(F)c(F)c(F)c2F)c(F)c1F. The van der Waals surface area contributed by atoms with E-state index in [4.69, 9.17) is 0 Å². The number of aromatic nitrogens is 1. The summed E-state index contributed by atoms with van der Waals surface area (Å²) in [5, 5.41) is 0. The molecule has 0 unspecified atom stereocenters. The van der Waals surface area contributed by atoms with Crippen LogP contribution in [0.3, 0.4) is 0 Å². The molecule has 6 aromatic carbocycles. The van der Waals surface area contributed by atoms with E-state index in [2.05, 4.69) is 65.5 Å². The molecule has 0 fully saturated rings. The molecule has 7 rings (SSSR count). The normalized spacial score (nSPS) is 11.7. The molecule has 0 atom stereocenters. The third-order valence-electron chi connectivity index (χ3n) is 9.66. The van der Waals surface area contributed by atoms with Crippen LogP contribution in [0.15, 0.2) is 54.0 Å². The third-order valence-corrected chi connectivity index (χ3v) is 10.6. The first-order valence-corrected chi connectivity index (χ1v) is 17.6. The van der Waals surface area contributed by atoms with Gasteiger partial charge in [0.05, 0.1) is 0 Å². The van der Waals surface area contributed by atoms with Crippen molar-refractivity contribution in [3.05, 3.63) is 182 Å². The van der Waals surface area contributed by atoms with Crippen LogP contribution in [0.4, 0.5) is 87.8 Å². The Morgan fingerprint density at radius 1 is 0.371 bits per heavy atom. The maximum atomic E-state index is 15.4. The summed E-state index contributed by atoms with van der Waals surface area (Å²) >= 11 is 1.80. The number of hydrogen-bond donors (Lipinski definition) is 0. The zero-order valence-corrected chi connectivity index (χ0v) is 30.7. The van der Waals surface area contributed by atoms with Gasteiger partial charge in [0.2, 0.25) is 11.0 Å². The van der Waals surface area contributed by atoms with Gasteiger partial charge in [0.25, 0.3) is 0 Å². The molecule has 0 aliphatic heterocycles.